The molecule has 9 atom stereocenters. The number of hydrogen-bond acceptors (Lipinski definition) is 3. The van der Waals surface area contributed by atoms with Gasteiger partial charge in [0, 0.05) is 0 Å². The van der Waals surface area contributed by atoms with Crippen LogP contribution in [0, 0.1) is 34.5 Å². The van der Waals surface area contributed by atoms with E-state index in [9.17, 15) is 9.90 Å². The Morgan fingerprint density at radius 3 is 2.37 bits per heavy atom. The second-order valence-electron chi connectivity index (χ2n) is 10.8. The van der Waals surface area contributed by atoms with Crippen molar-refractivity contribution in [1.29, 1.82) is 0 Å². The molecule has 0 aromatic rings. The number of carboxylic acid groups (broad SMARTS) is 1. The van der Waals surface area contributed by atoms with E-state index in [0.29, 0.717) is 42.0 Å². The number of ether oxygens (including phenoxy) is 2. The van der Waals surface area contributed by atoms with Crippen LogP contribution < -0.4 is 0 Å². The summed E-state index contributed by atoms with van der Waals surface area (Å²) < 4.78 is 11.8. The summed E-state index contributed by atoms with van der Waals surface area (Å²) in [6, 6.07) is 0. The van der Waals surface area contributed by atoms with Gasteiger partial charge in [-0.1, -0.05) is 27.2 Å². The molecule has 0 aromatic heterocycles. The van der Waals surface area contributed by atoms with Gasteiger partial charge in [0.25, 0.3) is 0 Å². The fourth-order valence-corrected chi connectivity index (χ4v) is 8.03. The van der Waals surface area contributed by atoms with Crippen molar-refractivity contribution in [3.63, 3.8) is 0 Å². The number of carboxylic acids is 1. The SMILES string of the molecule is CC1CCC(C(C)C)C(C2CCC3OC3C2)(C2(C(=O)O)CCC3OC3C2)C1. The molecule has 0 spiro atoms. The first-order valence-corrected chi connectivity index (χ1v) is 11.4. The van der Waals surface area contributed by atoms with Gasteiger partial charge >= 0.3 is 5.97 Å². The molecular formula is C23H36O4. The summed E-state index contributed by atoms with van der Waals surface area (Å²) in [4.78, 5) is 13.1. The third-order valence-corrected chi connectivity index (χ3v) is 9.25. The summed E-state index contributed by atoms with van der Waals surface area (Å²) in [5.41, 5.74) is -0.709. The Balaban J connectivity index is 1.62. The lowest BCUT2D eigenvalue weighted by Gasteiger charge is -2.62. The lowest BCUT2D eigenvalue weighted by Crippen LogP contribution is -2.61. The van der Waals surface area contributed by atoms with E-state index in [2.05, 4.69) is 20.8 Å². The first kappa shape index (κ1) is 18.4. The van der Waals surface area contributed by atoms with Crippen LogP contribution in [-0.2, 0) is 14.3 Å². The zero-order valence-corrected chi connectivity index (χ0v) is 17.2. The van der Waals surface area contributed by atoms with E-state index >= 15 is 0 Å². The van der Waals surface area contributed by atoms with Crippen molar-refractivity contribution in [2.45, 2.75) is 103 Å². The molecule has 0 radical (unpaired) electrons. The van der Waals surface area contributed by atoms with Gasteiger partial charge < -0.3 is 14.6 Å². The summed E-state index contributed by atoms with van der Waals surface area (Å²) in [7, 11) is 0. The first-order chi connectivity index (χ1) is 12.9. The predicted octanol–water partition coefficient (Wildman–Crippen LogP) is 4.65. The second-order valence-corrected chi connectivity index (χ2v) is 10.8. The van der Waals surface area contributed by atoms with Gasteiger partial charge in [0.05, 0.1) is 29.8 Å². The minimum Gasteiger partial charge on any atom is -0.481 e. The molecular weight excluding hydrogens is 340 g/mol. The van der Waals surface area contributed by atoms with E-state index in [1.165, 1.54) is 12.8 Å². The van der Waals surface area contributed by atoms with E-state index in [1.54, 1.807) is 0 Å². The molecule has 2 aliphatic heterocycles. The minimum absolute atomic E-state index is 0.0987. The minimum atomic E-state index is -0.610. The molecule has 3 saturated carbocycles. The Morgan fingerprint density at radius 2 is 1.70 bits per heavy atom. The van der Waals surface area contributed by atoms with Crippen molar-refractivity contribution < 1.29 is 19.4 Å². The Hall–Kier alpha value is -0.610. The molecule has 4 heteroatoms. The van der Waals surface area contributed by atoms with Gasteiger partial charge in [0.2, 0.25) is 0 Å². The van der Waals surface area contributed by atoms with Gasteiger partial charge in [-0.3, -0.25) is 4.79 Å². The summed E-state index contributed by atoms with van der Waals surface area (Å²) in [5, 5.41) is 10.7. The molecule has 5 aliphatic rings. The fraction of sp³-hybridized carbons (Fsp3) is 0.957. The summed E-state index contributed by atoms with van der Waals surface area (Å²) >= 11 is 0. The molecule has 27 heavy (non-hydrogen) atoms. The Kier molecular flexibility index (Phi) is 4.22. The maximum atomic E-state index is 13.1. The number of carbonyl (C=O) groups is 1. The molecule has 2 saturated heterocycles. The van der Waals surface area contributed by atoms with Crippen LogP contribution in [0.1, 0.15) is 78.6 Å². The van der Waals surface area contributed by atoms with Gasteiger partial charge in [-0.25, -0.2) is 0 Å². The number of epoxide rings is 2. The average Bonchev–Trinajstić information content (AvgIpc) is 3.53. The van der Waals surface area contributed by atoms with Crippen LogP contribution >= 0.6 is 0 Å². The van der Waals surface area contributed by atoms with Crippen molar-refractivity contribution in [3.05, 3.63) is 0 Å². The Labute approximate surface area is 163 Å². The van der Waals surface area contributed by atoms with Gasteiger partial charge in [0.1, 0.15) is 0 Å². The molecule has 152 valence electrons. The summed E-state index contributed by atoms with van der Waals surface area (Å²) in [5.74, 6) is 1.61. The highest BCUT2D eigenvalue weighted by Crippen LogP contribution is 2.69. The topological polar surface area (TPSA) is 62.4 Å². The first-order valence-electron chi connectivity index (χ1n) is 11.4. The molecule has 0 aromatic carbocycles. The summed E-state index contributed by atoms with van der Waals surface area (Å²) in [6.45, 7) is 7.03. The number of fused-ring (bicyclic) bond motifs is 2. The molecule has 5 rings (SSSR count). The smallest absolute Gasteiger partial charge is 0.310 e. The highest BCUT2D eigenvalue weighted by Gasteiger charge is 2.69. The van der Waals surface area contributed by atoms with Gasteiger partial charge in [0.15, 0.2) is 0 Å². The lowest BCUT2D eigenvalue weighted by molar-refractivity contribution is -0.190. The highest BCUT2D eigenvalue weighted by atomic mass is 16.6. The molecule has 4 nitrogen and oxygen atoms in total. The van der Waals surface area contributed by atoms with Crippen LogP contribution in [0.15, 0.2) is 0 Å². The molecule has 2 heterocycles. The standard InChI is InChI=1S/C23H36O4/c1-13(2)16-6-4-14(3)11-23(16,15-5-7-17-19(10-15)26-17)22(21(24)25)9-8-18-20(12-22)27-18/h13-20H,4-12H2,1-3H3,(H,24,25). The van der Waals surface area contributed by atoms with E-state index in [0.717, 1.165) is 44.9 Å². The van der Waals surface area contributed by atoms with Crippen LogP contribution in [0.4, 0.5) is 0 Å². The Morgan fingerprint density at radius 1 is 0.963 bits per heavy atom. The van der Waals surface area contributed by atoms with Crippen molar-refractivity contribution in [2.24, 2.45) is 34.5 Å². The fourth-order valence-electron chi connectivity index (χ4n) is 8.03. The average molecular weight is 377 g/mol. The van der Waals surface area contributed by atoms with Gasteiger partial charge in [-0.15, -0.1) is 0 Å². The second kappa shape index (κ2) is 6.19. The van der Waals surface area contributed by atoms with Crippen LogP contribution in [0.3, 0.4) is 0 Å². The maximum Gasteiger partial charge on any atom is 0.310 e. The van der Waals surface area contributed by atoms with Crippen molar-refractivity contribution in [1.82, 2.24) is 0 Å². The summed E-state index contributed by atoms with van der Waals surface area (Å²) in [6.07, 6.45) is 10.8. The molecule has 5 fully saturated rings. The zero-order valence-electron chi connectivity index (χ0n) is 17.2. The van der Waals surface area contributed by atoms with E-state index in [-0.39, 0.29) is 11.5 Å². The number of rotatable bonds is 4. The highest BCUT2D eigenvalue weighted by molar-refractivity contribution is 5.76. The molecule has 0 bridgehead atoms. The van der Waals surface area contributed by atoms with Crippen molar-refractivity contribution in [3.8, 4) is 0 Å². The van der Waals surface area contributed by atoms with E-state index in [4.69, 9.17) is 9.47 Å². The molecule has 0 amide bonds. The lowest BCUT2D eigenvalue weighted by atomic mass is 9.40. The molecule has 1 N–H and O–H groups in total. The molecule has 3 aliphatic carbocycles. The van der Waals surface area contributed by atoms with Gasteiger partial charge in [-0.05, 0) is 80.5 Å². The predicted molar refractivity (Wildman–Crippen MR) is 102 cm³/mol. The van der Waals surface area contributed by atoms with E-state index in [1.807, 2.05) is 0 Å². The third kappa shape index (κ3) is 2.65. The normalized spacial score (nSPS) is 54.1. The van der Waals surface area contributed by atoms with Crippen LogP contribution in [0.2, 0.25) is 0 Å². The zero-order chi connectivity index (χ0) is 19.0. The van der Waals surface area contributed by atoms with Gasteiger partial charge in [-0.2, -0.15) is 0 Å². The van der Waals surface area contributed by atoms with Crippen LogP contribution in [0.25, 0.3) is 0 Å². The van der Waals surface area contributed by atoms with Crippen molar-refractivity contribution in [2.75, 3.05) is 0 Å². The van der Waals surface area contributed by atoms with Crippen molar-refractivity contribution >= 4 is 5.97 Å². The van der Waals surface area contributed by atoms with E-state index < -0.39 is 11.4 Å². The maximum absolute atomic E-state index is 13.1. The Bertz CT molecular complexity index is 617. The molecule has 9 unspecified atom stereocenters. The number of aliphatic carboxylic acids is 1. The van der Waals surface area contributed by atoms with Crippen LogP contribution in [0.5, 0.6) is 0 Å². The third-order valence-electron chi connectivity index (χ3n) is 9.25. The van der Waals surface area contributed by atoms with Crippen LogP contribution in [-0.4, -0.2) is 35.5 Å². The monoisotopic (exact) mass is 376 g/mol. The number of hydrogen-bond donors (Lipinski definition) is 1. The largest absolute Gasteiger partial charge is 0.481 e. The quantitative estimate of drug-likeness (QED) is 0.725.